The molecule has 0 bridgehead atoms. The number of hydrogen-bond donors (Lipinski definition) is 0. The summed E-state index contributed by atoms with van der Waals surface area (Å²) >= 11 is 3.29. The fraction of sp³-hybridized carbons (Fsp3) is 0.526. The number of rotatable bonds is 4. The van der Waals surface area contributed by atoms with E-state index >= 15 is 0 Å². The van der Waals surface area contributed by atoms with E-state index < -0.39 is 23.7 Å². The zero-order chi connectivity index (χ0) is 19.3. The number of likely N-dealkylation sites (tertiary alicyclic amines) is 1. The van der Waals surface area contributed by atoms with Crippen LogP contribution in [0.3, 0.4) is 0 Å². The number of hydrogen-bond acceptors (Lipinski definition) is 5. The van der Waals surface area contributed by atoms with E-state index in [-0.39, 0.29) is 12.4 Å². The van der Waals surface area contributed by atoms with Crippen molar-refractivity contribution in [2.75, 3.05) is 13.2 Å². The van der Waals surface area contributed by atoms with Gasteiger partial charge in [0.15, 0.2) is 12.4 Å². The Morgan fingerprint density at radius 3 is 2.42 bits per heavy atom. The highest BCUT2D eigenvalue weighted by molar-refractivity contribution is 9.10. The number of amides is 1. The van der Waals surface area contributed by atoms with Crippen LogP contribution in [0.1, 0.15) is 50.4 Å². The quantitative estimate of drug-likeness (QED) is 0.682. The molecule has 1 atom stereocenters. The fourth-order valence-electron chi connectivity index (χ4n) is 2.71. The number of carbonyl (C=O) groups is 3. The van der Waals surface area contributed by atoms with Gasteiger partial charge in [0.25, 0.3) is 0 Å². The van der Waals surface area contributed by atoms with E-state index in [0.717, 1.165) is 17.3 Å². The summed E-state index contributed by atoms with van der Waals surface area (Å²) in [5.74, 6) is -0.855. The van der Waals surface area contributed by atoms with E-state index in [0.29, 0.717) is 18.5 Å². The lowest BCUT2D eigenvalue weighted by Crippen LogP contribution is -2.50. The van der Waals surface area contributed by atoms with Crippen molar-refractivity contribution in [2.45, 2.75) is 51.7 Å². The van der Waals surface area contributed by atoms with Gasteiger partial charge in [0.2, 0.25) is 0 Å². The number of benzene rings is 1. The van der Waals surface area contributed by atoms with Gasteiger partial charge >= 0.3 is 12.1 Å². The monoisotopic (exact) mass is 425 g/mol. The zero-order valence-corrected chi connectivity index (χ0v) is 16.9. The molecule has 1 amide bonds. The lowest BCUT2D eigenvalue weighted by atomic mass is 9.99. The molecule has 6 nitrogen and oxygen atoms in total. The molecule has 1 aliphatic rings. The van der Waals surface area contributed by atoms with Crippen LogP contribution in [-0.2, 0) is 14.3 Å². The van der Waals surface area contributed by atoms with Crippen molar-refractivity contribution in [3.63, 3.8) is 0 Å². The highest BCUT2D eigenvalue weighted by Crippen LogP contribution is 2.21. The Balaban J connectivity index is 1.96. The van der Waals surface area contributed by atoms with Crippen molar-refractivity contribution in [1.29, 1.82) is 0 Å². The van der Waals surface area contributed by atoms with Crippen LogP contribution in [0.2, 0.25) is 0 Å². The predicted molar refractivity (Wildman–Crippen MR) is 100 cm³/mol. The Labute approximate surface area is 162 Å². The van der Waals surface area contributed by atoms with Gasteiger partial charge in [0.05, 0.1) is 11.6 Å². The Kier molecular flexibility index (Phi) is 6.81. The highest BCUT2D eigenvalue weighted by atomic mass is 79.9. The normalized spacial score (nSPS) is 17.5. The Bertz CT molecular complexity index is 666. The van der Waals surface area contributed by atoms with Gasteiger partial charge < -0.3 is 9.47 Å². The lowest BCUT2D eigenvalue weighted by molar-refractivity contribution is -0.128. The minimum atomic E-state index is -0.629. The van der Waals surface area contributed by atoms with Crippen LogP contribution in [0.15, 0.2) is 28.7 Å². The third-order valence-electron chi connectivity index (χ3n) is 3.93. The molecule has 0 aromatic heterocycles. The molecule has 2 rings (SSSR count). The van der Waals surface area contributed by atoms with Crippen LogP contribution < -0.4 is 0 Å². The van der Waals surface area contributed by atoms with Gasteiger partial charge in [0.1, 0.15) is 5.60 Å². The summed E-state index contributed by atoms with van der Waals surface area (Å²) in [6, 6.07) is 6.07. The van der Waals surface area contributed by atoms with Gasteiger partial charge in [0, 0.05) is 11.0 Å². The molecule has 1 aromatic carbocycles. The number of halogens is 1. The molecular formula is C19H24BrNO5. The van der Waals surface area contributed by atoms with E-state index in [2.05, 4.69) is 15.9 Å². The molecule has 7 heteroatoms. The summed E-state index contributed by atoms with van der Waals surface area (Å²) in [6.07, 6.45) is 1.71. The smallest absolute Gasteiger partial charge is 0.410 e. The number of esters is 1. The SMILES string of the molecule is CC(C)(C)OC(=O)N1CCCC[C@H]1C(=O)COC(=O)c1ccc(Br)cc1. The number of Topliss-reactive ketones (excluding diaryl/α,β-unsaturated/α-hetero) is 1. The molecule has 0 aliphatic carbocycles. The summed E-state index contributed by atoms with van der Waals surface area (Å²) in [5, 5.41) is 0. The number of piperidine rings is 1. The lowest BCUT2D eigenvalue weighted by Gasteiger charge is -2.35. The summed E-state index contributed by atoms with van der Waals surface area (Å²) in [4.78, 5) is 38.4. The molecule has 0 saturated carbocycles. The first kappa shape index (κ1) is 20.4. The molecule has 1 aromatic rings. The first-order valence-electron chi connectivity index (χ1n) is 8.62. The summed E-state index contributed by atoms with van der Waals surface area (Å²) in [5.41, 5.74) is -0.260. The van der Waals surface area contributed by atoms with Crippen molar-refractivity contribution in [2.24, 2.45) is 0 Å². The first-order chi connectivity index (χ1) is 12.2. The Morgan fingerprint density at radius 1 is 1.15 bits per heavy atom. The summed E-state index contributed by atoms with van der Waals surface area (Å²) < 4.78 is 11.4. The van der Waals surface area contributed by atoms with E-state index in [1.807, 2.05) is 0 Å². The topological polar surface area (TPSA) is 72.9 Å². The van der Waals surface area contributed by atoms with Crippen LogP contribution in [0, 0.1) is 0 Å². The number of ketones is 1. The minimum absolute atomic E-state index is 0.291. The van der Waals surface area contributed by atoms with Crippen LogP contribution in [0.5, 0.6) is 0 Å². The van der Waals surface area contributed by atoms with Gasteiger partial charge in [-0.15, -0.1) is 0 Å². The predicted octanol–water partition coefficient (Wildman–Crippen LogP) is 3.96. The van der Waals surface area contributed by atoms with E-state index in [9.17, 15) is 14.4 Å². The second kappa shape index (κ2) is 8.66. The molecular weight excluding hydrogens is 402 g/mol. The van der Waals surface area contributed by atoms with Crippen molar-refractivity contribution in [1.82, 2.24) is 4.90 Å². The van der Waals surface area contributed by atoms with E-state index in [1.54, 1.807) is 45.0 Å². The molecule has 26 heavy (non-hydrogen) atoms. The molecule has 1 heterocycles. The maximum absolute atomic E-state index is 12.5. The van der Waals surface area contributed by atoms with Gasteiger partial charge in [-0.3, -0.25) is 9.69 Å². The Hall–Kier alpha value is -1.89. The molecule has 0 N–H and O–H groups in total. The number of nitrogens with zero attached hydrogens (tertiary/aromatic N) is 1. The van der Waals surface area contributed by atoms with Gasteiger partial charge in [-0.25, -0.2) is 9.59 Å². The fourth-order valence-corrected chi connectivity index (χ4v) is 2.97. The molecule has 1 saturated heterocycles. The van der Waals surface area contributed by atoms with E-state index in [4.69, 9.17) is 9.47 Å². The molecule has 0 radical (unpaired) electrons. The third kappa shape index (κ3) is 5.83. The second-order valence-corrected chi connectivity index (χ2v) is 8.15. The van der Waals surface area contributed by atoms with Gasteiger partial charge in [-0.1, -0.05) is 15.9 Å². The molecule has 0 spiro atoms. The van der Waals surface area contributed by atoms with Crippen LogP contribution >= 0.6 is 15.9 Å². The van der Waals surface area contributed by atoms with Gasteiger partial charge in [-0.05, 0) is 64.3 Å². The second-order valence-electron chi connectivity index (χ2n) is 7.23. The van der Waals surface area contributed by atoms with Crippen molar-refractivity contribution >= 4 is 33.8 Å². The summed E-state index contributed by atoms with van der Waals surface area (Å²) in [6.45, 7) is 5.45. The third-order valence-corrected chi connectivity index (χ3v) is 4.46. The number of carbonyl (C=O) groups excluding carboxylic acids is 3. The summed E-state index contributed by atoms with van der Waals surface area (Å²) in [7, 11) is 0. The Morgan fingerprint density at radius 2 is 1.81 bits per heavy atom. The largest absolute Gasteiger partial charge is 0.454 e. The van der Waals surface area contributed by atoms with Crippen molar-refractivity contribution < 1.29 is 23.9 Å². The van der Waals surface area contributed by atoms with E-state index in [1.165, 1.54) is 4.90 Å². The molecule has 0 unspecified atom stereocenters. The average Bonchev–Trinajstić information content (AvgIpc) is 2.58. The number of ether oxygens (including phenoxy) is 2. The van der Waals surface area contributed by atoms with Gasteiger partial charge in [-0.2, -0.15) is 0 Å². The first-order valence-corrected chi connectivity index (χ1v) is 9.42. The molecule has 1 fully saturated rings. The van der Waals surface area contributed by atoms with Crippen LogP contribution in [0.4, 0.5) is 4.79 Å². The average molecular weight is 426 g/mol. The van der Waals surface area contributed by atoms with Crippen molar-refractivity contribution in [3.8, 4) is 0 Å². The highest BCUT2D eigenvalue weighted by Gasteiger charge is 2.35. The van der Waals surface area contributed by atoms with Crippen LogP contribution in [0.25, 0.3) is 0 Å². The maximum Gasteiger partial charge on any atom is 0.410 e. The molecule has 1 aliphatic heterocycles. The maximum atomic E-state index is 12.5. The zero-order valence-electron chi connectivity index (χ0n) is 15.3. The standard InChI is InChI=1S/C19H24BrNO5/c1-19(2,3)26-18(24)21-11-5-4-6-15(21)16(22)12-25-17(23)13-7-9-14(20)10-8-13/h7-10,15H,4-6,11-12H2,1-3H3/t15-/m0/s1. The van der Waals surface area contributed by atoms with Crippen molar-refractivity contribution in [3.05, 3.63) is 34.3 Å². The van der Waals surface area contributed by atoms with Crippen LogP contribution in [-0.4, -0.2) is 47.5 Å². The minimum Gasteiger partial charge on any atom is -0.454 e. The molecule has 142 valence electrons.